The number of hydrogen-bond acceptors (Lipinski definition) is 3. The first-order chi connectivity index (χ1) is 14.2. The van der Waals surface area contributed by atoms with Gasteiger partial charge < -0.3 is 15.5 Å². The van der Waals surface area contributed by atoms with Gasteiger partial charge in [0, 0.05) is 36.9 Å². The van der Waals surface area contributed by atoms with Crippen molar-refractivity contribution >= 4 is 23.2 Å². The zero-order chi connectivity index (χ0) is 20.1. The summed E-state index contributed by atoms with van der Waals surface area (Å²) in [5, 5.41) is 6.06. The number of carbonyl (C=O) groups excluding carboxylic acids is 2. The summed E-state index contributed by atoms with van der Waals surface area (Å²) < 4.78 is 0. The van der Waals surface area contributed by atoms with Crippen molar-refractivity contribution in [3.63, 3.8) is 0 Å². The van der Waals surface area contributed by atoms with Crippen molar-refractivity contribution in [3.05, 3.63) is 59.7 Å². The van der Waals surface area contributed by atoms with E-state index >= 15 is 0 Å². The van der Waals surface area contributed by atoms with Gasteiger partial charge >= 0.3 is 0 Å². The summed E-state index contributed by atoms with van der Waals surface area (Å²) in [6.07, 6.45) is 6.14. The molecule has 1 saturated carbocycles. The van der Waals surface area contributed by atoms with Gasteiger partial charge in [-0.2, -0.15) is 0 Å². The zero-order valence-electron chi connectivity index (χ0n) is 16.8. The van der Waals surface area contributed by atoms with Crippen LogP contribution in [0.2, 0.25) is 0 Å². The molecule has 0 bridgehead atoms. The number of nitrogens with one attached hydrogen (secondary N) is 2. The maximum Gasteiger partial charge on any atom is 0.253 e. The molecule has 5 nitrogen and oxygen atoms in total. The van der Waals surface area contributed by atoms with Crippen LogP contribution >= 0.6 is 0 Å². The fraction of sp³-hybridized carbons (Fsp3) is 0.417. The number of nitrogens with zero attached hydrogens (tertiary/aromatic N) is 1. The summed E-state index contributed by atoms with van der Waals surface area (Å²) >= 11 is 0. The van der Waals surface area contributed by atoms with Crippen LogP contribution < -0.4 is 15.5 Å². The topological polar surface area (TPSA) is 61.4 Å². The zero-order valence-corrected chi connectivity index (χ0v) is 16.8. The highest BCUT2D eigenvalue weighted by atomic mass is 16.2. The minimum absolute atomic E-state index is 0.0700. The highest BCUT2D eigenvalue weighted by molar-refractivity contribution is 6.02. The molecule has 2 fully saturated rings. The van der Waals surface area contributed by atoms with E-state index in [1.165, 1.54) is 5.56 Å². The summed E-state index contributed by atoms with van der Waals surface area (Å²) in [7, 11) is 0. The molecule has 29 heavy (non-hydrogen) atoms. The molecule has 0 aromatic heterocycles. The van der Waals surface area contributed by atoms with Crippen LogP contribution in [0.4, 0.5) is 11.4 Å². The summed E-state index contributed by atoms with van der Waals surface area (Å²) in [5.41, 5.74) is 3.51. The third kappa shape index (κ3) is 4.78. The molecule has 1 aliphatic carbocycles. The highest BCUT2D eigenvalue weighted by Crippen LogP contribution is 2.30. The Morgan fingerprint density at radius 2 is 1.72 bits per heavy atom. The summed E-state index contributed by atoms with van der Waals surface area (Å²) in [6.45, 7) is 2.52. The lowest BCUT2D eigenvalue weighted by Crippen LogP contribution is -2.30. The van der Waals surface area contributed by atoms with Crippen molar-refractivity contribution in [2.75, 3.05) is 29.9 Å². The minimum atomic E-state index is -0.0809. The van der Waals surface area contributed by atoms with E-state index in [0.29, 0.717) is 17.8 Å². The Bertz CT molecular complexity index is 856. The van der Waals surface area contributed by atoms with Crippen molar-refractivity contribution in [1.29, 1.82) is 0 Å². The number of anilines is 2. The molecular formula is C24H29N3O2. The summed E-state index contributed by atoms with van der Waals surface area (Å²) in [4.78, 5) is 27.6. The summed E-state index contributed by atoms with van der Waals surface area (Å²) in [5.74, 6) is 0.111. The molecule has 5 heteroatoms. The first kappa shape index (κ1) is 19.5. The Morgan fingerprint density at radius 1 is 0.966 bits per heavy atom. The Hall–Kier alpha value is -2.82. The average Bonchev–Trinajstić information content (AvgIpc) is 3.22. The maximum absolute atomic E-state index is 13.0. The molecule has 2 amide bonds. The van der Waals surface area contributed by atoms with Crippen LogP contribution in [0.5, 0.6) is 0 Å². The van der Waals surface area contributed by atoms with Crippen molar-refractivity contribution in [1.82, 2.24) is 5.32 Å². The molecule has 152 valence electrons. The van der Waals surface area contributed by atoms with Gasteiger partial charge in [0.1, 0.15) is 0 Å². The average molecular weight is 392 g/mol. The Balaban J connectivity index is 1.47. The Labute approximate surface area is 172 Å². The van der Waals surface area contributed by atoms with Gasteiger partial charge in [0.05, 0.1) is 5.56 Å². The SMILES string of the molecule is O=C(NCCc1ccccc1)c1cc(NC(=O)C2CCC2)ccc1N1CCCC1. The number of rotatable bonds is 7. The van der Waals surface area contributed by atoms with Crippen LogP contribution in [0.1, 0.15) is 48.0 Å². The van der Waals surface area contributed by atoms with Crippen LogP contribution in [-0.2, 0) is 11.2 Å². The standard InChI is InChI=1S/C24H29N3O2/c28-23(19-9-6-10-19)26-20-11-12-22(27-15-4-5-16-27)21(17-20)24(29)25-14-13-18-7-2-1-3-8-18/h1-3,7-8,11-12,17,19H,4-6,9-10,13-16H2,(H,25,29)(H,26,28). The van der Waals surface area contributed by atoms with Crippen molar-refractivity contribution in [2.24, 2.45) is 5.92 Å². The van der Waals surface area contributed by atoms with Gasteiger partial charge in [-0.25, -0.2) is 0 Å². The quantitative estimate of drug-likeness (QED) is 0.750. The van der Waals surface area contributed by atoms with Gasteiger partial charge in [-0.15, -0.1) is 0 Å². The summed E-state index contributed by atoms with van der Waals surface area (Å²) in [6, 6.07) is 15.9. The van der Waals surface area contributed by atoms with Crippen LogP contribution in [0.3, 0.4) is 0 Å². The number of benzene rings is 2. The molecule has 0 spiro atoms. The lowest BCUT2D eigenvalue weighted by atomic mass is 9.85. The van der Waals surface area contributed by atoms with Crippen molar-refractivity contribution < 1.29 is 9.59 Å². The lowest BCUT2D eigenvalue weighted by Gasteiger charge is -2.25. The Kier molecular flexibility index (Phi) is 6.13. The van der Waals surface area contributed by atoms with E-state index in [4.69, 9.17) is 0 Å². The van der Waals surface area contributed by atoms with Gasteiger partial charge in [-0.3, -0.25) is 9.59 Å². The van der Waals surface area contributed by atoms with E-state index in [-0.39, 0.29) is 17.7 Å². The predicted molar refractivity (Wildman–Crippen MR) is 116 cm³/mol. The first-order valence-electron chi connectivity index (χ1n) is 10.7. The fourth-order valence-electron chi connectivity index (χ4n) is 4.00. The molecule has 2 aliphatic rings. The minimum Gasteiger partial charge on any atom is -0.371 e. The second-order valence-corrected chi connectivity index (χ2v) is 8.03. The fourth-order valence-corrected chi connectivity index (χ4v) is 4.00. The van der Waals surface area contributed by atoms with E-state index in [2.05, 4.69) is 27.7 Å². The van der Waals surface area contributed by atoms with E-state index in [1.807, 2.05) is 36.4 Å². The molecular weight excluding hydrogens is 362 g/mol. The second-order valence-electron chi connectivity index (χ2n) is 8.03. The van der Waals surface area contributed by atoms with Crippen LogP contribution in [0, 0.1) is 5.92 Å². The highest BCUT2D eigenvalue weighted by Gasteiger charge is 2.26. The molecule has 2 N–H and O–H groups in total. The van der Waals surface area contributed by atoms with E-state index in [0.717, 1.165) is 57.3 Å². The molecule has 1 aliphatic heterocycles. The second kappa shape index (κ2) is 9.12. The Morgan fingerprint density at radius 3 is 2.41 bits per heavy atom. The number of amides is 2. The van der Waals surface area contributed by atoms with Crippen LogP contribution in [0.25, 0.3) is 0 Å². The number of hydrogen-bond donors (Lipinski definition) is 2. The molecule has 0 radical (unpaired) electrons. The number of carbonyl (C=O) groups is 2. The molecule has 1 saturated heterocycles. The van der Waals surface area contributed by atoms with Gasteiger partial charge in [-0.05, 0) is 55.9 Å². The normalized spacial score (nSPS) is 16.3. The van der Waals surface area contributed by atoms with E-state index in [9.17, 15) is 9.59 Å². The molecule has 2 aromatic rings. The third-order valence-corrected chi connectivity index (χ3v) is 5.97. The lowest BCUT2D eigenvalue weighted by molar-refractivity contribution is -0.122. The predicted octanol–water partition coefficient (Wildman–Crippen LogP) is 4.00. The van der Waals surface area contributed by atoms with Crippen molar-refractivity contribution in [2.45, 2.75) is 38.5 Å². The smallest absolute Gasteiger partial charge is 0.253 e. The molecule has 0 unspecified atom stereocenters. The van der Waals surface area contributed by atoms with Gasteiger partial charge in [-0.1, -0.05) is 36.8 Å². The van der Waals surface area contributed by atoms with Gasteiger partial charge in [0.15, 0.2) is 0 Å². The largest absolute Gasteiger partial charge is 0.371 e. The van der Waals surface area contributed by atoms with Gasteiger partial charge in [0.2, 0.25) is 5.91 Å². The molecule has 4 rings (SSSR count). The maximum atomic E-state index is 13.0. The van der Waals surface area contributed by atoms with Crippen molar-refractivity contribution in [3.8, 4) is 0 Å². The van der Waals surface area contributed by atoms with Crippen LogP contribution in [-0.4, -0.2) is 31.4 Å². The monoisotopic (exact) mass is 391 g/mol. The molecule has 2 aromatic carbocycles. The molecule has 1 heterocycles. The third-order valence-electron chi connectivity index (χ3n) is 5.97. The van der Waals surface area contributed by atoms with Gasteiger partial charge in [0.25, 0.3) is 5.91 Å². The molecule has 0 atom stereocenters. The first-order valence-corrected chi connectivity index (χ1v) is 10.7. The van der Waals surface area contributed by atoms with Crippen LogP contribution in [0.15, 0.2) is 48.5 Å². The van der Waals surface area contributed by atoms with E-state index in [1.54, 1.807) is 0 Å². The van der Waals surface area contributed by atoms with E-state index < -0.39 is 0 Å².